The fraction of sp³-hybridized carbons (Fsp3) is 0.625. The molecule has 0 spiro atoms. The lowest BCUT2D eigenvalue weighted by molar-refractivity contribution is 0.280. The van der Waals surface area contributed by atoms with Crippen molar-refractivity contribution in [3.05, 3.63) is 23.8 Å². The van der Waals surface area contributed by atoms with Gasteiger partial charge in [0, 0.05) is 11.5 Å². The molecule has 0 heterocycles. The number of nitrogens with two attached hydrogens (primary N) is 1. The highest BCUT2D eigenvalue weighted by atomic mass is 16.5. The third-order valence-corrected chi connectivity index (χ3v) is 4.57. The topological polar surface area (TPSA) is 44.5 Å². The van der Waals surface area contributed by atoms with Gasteiger partial charge in [0.15, 0.2) is 11.5 Å². The molecule has 2 aliphatic carbocycles. The minimum Gasteiger partial charge on any atom is -0.493 e. The molecular weight excluding hydrogens is 238 g/mol. The number of methoxy groups -OCH3 is 1. The van der Waals surface area contributed by atoms with Crippen molar-refractivity contribution >= 4 is 0 Å². The predicted molar refractivity (Wildman–Crippen MR) is 75.8 cm³/mol. The second-order valence-corrected chi connectivity index (χ2v) is 6.06. The fourth-order valence-corrected chi connectivity index (χ4v) is 2.73. The van der Waals surface area contributed by atoms with Crippen LogP contribution in [0.3, 0.4) is 0 Å². The van der Waals surface area contributed by atoms with Crippen molar-refractivity contribution in [3.8, 4) is 11.5 Å². The van der Waals surface area contributed by atoms with Crippen LogP contribution in [0.15, 0.2) is 18.2 Å². The number of hydrogen-bond acceptors (Lipinski definition) is 3. The van der Waals surface area contributed by atoms with E-state index in [1.165, 1.54) is 31.2 Å². The van der Waals surface area contributed by atoms with Crippen LogP contribution in [0.5, 0.6) is 11.5 Å². The summed E-state index contributed by atoms with van der Waals surface area (Å²) in [4.78, 5) is 0. The van der Waals surface area contributed by atoms with Crippen LogP contribution in [0.25, 0.3) is 0 Å². The average molecular weight is 261 g/mol. The summed E-state index contributed by atoms with van der Waals surface area (Å²) >= 11 is 0. The summed E-state index contributed by atoms with van der Waals surface area (Å²) in [5, 5.41) is 0. The third kappa shape index (κ3) is 2.44. The Hall–Kier alpha value is -1.22. The Bertz CT molecular complexity index is 462. The van der Waals surface area contributed by atoms with E-state index in [1.54, 1.807) is 7.11 Å². The molecule has 1 atom stereocenters. The second-order valence-electron chi connectivity index (χ2n) is 6.06. The Kier molecular flexibility index (Phi) is 3.17. The van der Waals surface area contributed by atoms with Crippen LogP contribution in [0.2, 0.25) is 0 Å². The Morgan fingerprint density at radius 1 is 1.32 bits per heavy atom. The van der Waals surface area contributed by atoms with E-state index in [2.05, 4.69) is 19.1 Å². The molecule has 0 aliphatic heterocycles. The van der Waals surface area contributed by atoms with Gasteiger partial charge in [0.1, 0.15) is 0 Å². The number of ether oxygens (including phenoxy) is 2. The van der Waals surface area contributed by atoms with Crippen molar-refractivity contribution in [2.24, 2.45) is 11.7 Å². The van der Waals surface area contributed by atoms with E-state index in [-0.39, 0.29) is 11.5 Å². The van der Waals surface area contributed by atoms with Crippen LogP contribution in [0.1, 0.15) is 38.2 Å². The van der Waals surface area contributed by atoms with Crippen LogP contribution in [0.4, 0.5) is 0 Å². The highest BCUT2D eigenvalue weighted by Gasteiger charge is 2.47. The van der Waals surface area contributed by atoms with Crippen LogP contribution >= 0.6 is 0 Å². The van der Waals surface area contributed by atoms with Gasteiger partial charge < -0.3 is 15.2 Å². The average Bonchev–Trinajstić information content (AvgIpc) is 3.29. The molecule has 0 saturated heterocycles. The van der Waals surface area contributed by atoms with Gasteiger partial charge in [-0.1, -0.05) is 6.07 Å². The zero-order valence-corrected chi connectivity index (χ0v) is 11.8. The zero-order chi connectivity index (χ0) is 13.5. The molecule has 2 saturated carbocycles. The highest BCUT2D eigenvalue weighted by Crippen LogP contribution is 2.51. The standard InChI is InChI=1S/C16H23NO2/c1-11(17)16(7-8-16)13-5-6-14(15(9-13)18-2)19-10-12-3-4-12/h5-6,9,11-12H,3-4,7-8,10,17H2,1-2H3. The van der Waals surface area contributed by atoms with Crippen molar-refractivity contribution in [2.45, 2.75) is 44.1 Å². The molecule has 2 aliphatic rings. The lowest BCUT2D eigenvalue weighted by atomic mass is 9.89. The first-order valence-corrected chi connectivity index (χ1v) is 7.22. The zero-order valence-electron chi connectivity index (χ0n) is 11.8. The molecule has 1 aromatic carbocycles. The van der Waals surface area contributed by atoms with Crippen molar-refractivity contribution in [1.82, 2.24) is 0 Å². The van der Waals surface area contributed by atoms with E-state index >= 15 is 0 Å². The van der Waals surface area contributed by atoms with Crippen molar-refractivity contribution in [1.29, 1.82) is 0 Å². The van der Waals surface area contributed by atoms with E-state index in [0.717, 1.165) is 24.0 Å². The monoisotopic (exact) mass is 261 g/mol. The van der Waals surface area contributed by atoms with Crippen molar-refractivity contribution in [2.75, 3.05) is 13.7 Å². The Balaban J connectivity index is 1.80. The SMILES string of the molecule is COc1cc(C2(C(C)N)CC2)ccc1OCC1CC1. The molecule has 1 aromatic rings. The molecular formula is C16H23NO2. The summed E-state index contributed by atoms with van der Waals surface area (Å²) in [5.41, 5.74) is 7.59. The number of hydrogen-bond donors (Lipinski definition) is 1. The molecule has 19 heavy (non-hydrogen) atoms. The summed E-state index contributed by atoms with van der Waals surface area (Å²) in [6.07, 6.45) is 4.95. The maximum absolute atomic E-state index is 6.13. The van der Waals surface area contributed by atoms with Gasteiger partial charge in [0.05, 0.1) is 13.7 Å². The van der Waals surface area contributed by atoms with Gasteiger partial charge in [-0.15, -0.1) is 0 Å². The first kappa shape index (κ1) is 12.8. The van der Waals surface area contributed by atoms with Crippen LogP contribution < -0.4 is 15.2 Å². The lowest BCUT2D eigenvalue weighted by Crippen LogP contribution is -2.31. The van der Waals surface area contributed by atoms with Crippen molar-refractivity contribution < 1.29 is 9.47 Å². The molecule has 0 bridgehead atoms. The minimum absolute atomic E-state index is 0.169. The minimum atomic E-state index is 0.169. The fourth-order valence-electron chi connectivity index (χ4n) is 2.73. The summed E-state index contributed by atoms with van der Waals surface area (Å²) in [5.74, 6) is 2.45. The molecule has 2 N–H and O–H groups in total. The Labute approximate surface area is 115 Å². The first-order chi connectivity index (χ1) is 9.15. The molecule has 3 heteroatoms. The largest absolute Gasteiger partial charge is 0.493 e. The first-order valence-electron chi connectivity index (χ1n) is 7.22. The van der Waals surface area contributed by atoms with Crippen LogP contribution in [-0.2, 0) is 5.41 Å². The summed E-state index contributed by atoms with van der Waals surface area (Å²) in [7, 11) is 1.70. The van der Waals surface area contributed by atoms with E-state index in [0.29, 0.717) is 0 Å². The molecule has 3 nitrogen and oxygen atoms in total. The van der Waals surface area contributed by atoms with Gasteiger partial charge in [0.25, 0.3) is 0 Å². The Morgan fingerprint density at radius 2 is 2.05 bits per heavy atom. The van der Waals surface area contributed by atoms with E-state index in [4.69, 9.17) is 15.2 Å². The summed E-state index contributed by atoms with van der Waals surface area (Å²) in [6, 6.07) is 6.49. The molecule has 3 rings (SSSR count). The molecule has 0 radical (unpaired) electrons. The van der Waals surface area contributed by atoms with Gasteiger partial charge >= 0.3 is 0 Å². The Morgan fingerprint density at radius 3 is 2.58 bits per heavy atom. The third-order valence-electron chi connectivity index (χ3n) is 4.57. The van der Waals surface area contributed by atoms with Crippen molar-refractivity contribution in [3.63, 3.8) is 0 Å². The normalized spacial score (nSPS) is 21.8. The van der Waals surface area contributed by atoms with Crippen LogP contribution in [-0.4, -0.2) is 19.8 Å². The predicted octanol–water partition coefficient (Wildman–Crippen LogP) is 2.86. The van der Waals surface area contributed by atoms with Gasteiger partial charge in [-0.05, 0) is 56.2 Å². The van der Waals surface area contributed by atoms with Crippen LogP contribution in [0, 0.1) is 5.92 Å². The molecule has 0 amide bonds. The van der Waals surface area contributed by atoms with Gasteiger partial charge in [-0.25, -0.2) is 0 Å². The molecule has 0 aromatic heterocycles. The smallest absolute Gasteiger partial charge is 0.161 e. The molecule has 2 fully saturated rings. The number of benzene rings is 1. The molecule has 104 valence electrons. The second kappa shape index (κ2) is 4.71. The lowest BCUT2D eigenvalue weighted by Gasteiger charge is -2.21. The van der Waals surface area contributed by atoms with E-state index < -0.39 is 0 Å². The summed E-state index contributed by atoms with van der Waals surface area (Å²) in [6.45, 7) is 2.91. The maximum Gasteiger partial charge on any atom is 0.161 e. The number of rotatable bonds is 6. The van der Waals surface area contributed by atoms with E-state index in [1.807, 2.05) is 6.07 Å². The van der Waals surface area contributed by atoms with Gasteiger partial charge in [-0.2, -0.15) is 0 Å². The summed E-state index contributed by atoms with van der Waals surface area (Å²) < 4.78 is 11.3. The maximum atomic E-state index is 6.13. The van der Waals surface area contributed by atoms with E-state index in [9.17, 15) is 0 Å². The molecule has 1 unspecified atom stereocenters. The van der Waals surface area contributed by atoms with Gasteiger partial charge in [-0.3, -0.25) is 0 Å². The quantitative estimate of drug-likeness (QED) is 0.856. The van der Waals surface area contributed by atoms with Gasteiger partial charge in [0.2, 0.25) is 0 Å². The highest BCUT2D eigenvalue weighted by molar-refractivity contribution is 5.47.